The quantitative estimate of drug-likeness (QED) is 0.837. The number of rotatable bonds is 3. The van der Waals surface area contributed by atoms with E-state index >= 15 is 0 Å². The van der Waals surface area contributed by atoms with Gasteiger partial charge in [0.05, 0.1) is 17.8 Å². The number of benzene rings is 1. The minimum Gasteiger partial charge on any atom is -0.453 e. The van der Waals surface area contributed by atoms with Crippen LogP contribution in [0.1, 0.15) is 23.7 Å². The molecule has 5 nitrogen and oxygen atoms in total. The first-order chi connectivity index (χ1) is 9.11. The largest absolute Gasteiger partial charge is 0.453 e. The molecule has 1 fully saturated rings. The summed E-state index contributed by atoms with van der Waals surface area (Å²) >= 11 is 0. The standard InChI is InChI=1S/C14H18O5/c1-9-13(11(15)8-12(17-2)18-9)19-14(16)10-6-4-3-5-7-10/h3-7,9,11-13,15H,8H2,1-2H3/t9-,11-,12-,13+/m1/s1. The van der Waals surface area contributed by atoms with Gasteiger partial charge in [-0.3, -0.25) is 0 Å². The number of carbonyl (C=O) groups excluding carboxylic acids is 1. The number of carbonyl (C=O) groups is 1. The van der Waals surface area contributed by atoms with Gasteiger partial charge in [-0.2, -0.15) is 0 Å². The van der Waals surface area contributed by atoms with Crippen molar-refractivity contribution in [2.24, 2.45) is 0 Å². The second-order valence-electron chi connectivity index (χ2n) is 4.55. The summed E-state index contributed by atoms with van der Waals surface area (Å²) in [6, 6.07) is 8.67. The van der Waals surface area contributed by atoms with E-state index in [4.69, 9.17) is 14.2 Å². The fourth-order valence-electron chi connectivity index (χ4n) is 2.11. The lowest BCUT2D eigenvalue weighted by Crippen LogP contribution is -2.49. The third-order valence-corrected chi connectivity index (χ3v) is 3.16. The van der Waals surface area contributed by atoms with Gasteiger partial charge in [-0.1, -0.05) is 18.2 Å². The van der Waals surface area contributed by atoms with E-state index in [2.05, 4.69) is 0 Å². The first kappa shape index (κ1) is 14.0. The Kier molecular flexibility index (Phi) is 4.52. The van der Waals surface area contributed by atoms with Gasteiger partial charge in [0.15, 0.2) is 12.4 Å². The van der Waals surface area contributed by atoms with E-state index in [9.17, 15) is 9.90 Å². The number of methoxy groups -OCH3 is 1. The van der Waals surface area contributed by atoms with Crippen LogP contribution in [0.2, 0.25) is 0 Å². The van der Waals surface area contributed by atoms with Crippen LogP contribution in [-0.4, -0.2) is 42.8 Å². The highest BCUT2D eigenvalue weighted by atomic mass is 16.7. The van der Waals surface area contributed by atoms with Gasteiger partial charge in [0, 0.05) is 13.5 Å². The number of ether oxygens (including phenoxy) is 3. The van der Waals surface area contributed by atoms with Crippen molar-refractivity contribution in [2.75, 3.05) is 7.11 Å². The average molecular weight is 266 g/mol. The van der Waals surface area contributed by atoms with E-state index in [0.29, 0.717) is 5.56 Å². The normalized spacial score (nSPS) is 30.9. The molecule has 0 saturated carbocycles. The summed E-state index contributed by atoms with van der Waals surface area (Å²) in [5, 5.41) is 10.00. The molecule has 1 aliphatic rings. The lowest BCUT2D eigenvalue weighted by Gasteiger charge is -2.36. The number of aliphatic hydroxyl groups excluding tert-OH is 1. The van der Waals surface area contributed by atoms with Crippen LogP contribution in [-0.2, 0) is 14.2 Å². The fourth-order valence-corrected chi connectivity index (χ4v) is 2.11. The van der Waals surface area contributed by atoms with Gasteiger partial charge < -0.3 is 19.3 Å². The highest BCUT2D eigenvalue weighted by molar-refractivity contribution is 5.89. The SMILES string of the molecule is CO[C@H]1C[C@@H](O)[C@@H](OC(=O)c2ccccc2)[C@@H](C)O1. The van der Waals surface area contributed by atoms with Crippen molar-refractivity contribution in [3.63, 3.8) is 0 Å². The molecule has 1 aliphatic heterocycles. The summed E-state index contributed by atoms with van der Waals surface area (Å²) in [7, 11) is 1.51. The van der Waals surface area contributed by atoms with Crippen LogP contribution in [0.15, 0.2) is 30.3 Å². The predicted molar refractivity (Wildman–Crippen MR) is 67.6 cm³/mol. The number of hydrogen-bond acceptors (Lipinski definition) is 5. The predicted octanol–water partition coefficient (Wildman–Crippen LogP) is 1.35. The van der Waals surface area contributed by atoms with Crippen LogP contribution in [0, 0.1) is 0 Å². The topological polar surface area (TPSA) is 65.0 Å². The van der Waals surface area contributed by atoms with Crippen molar-refractivity contribution in [3.05, 3.63) is 35.9 Å². The van der Waals surface area contributed by atoms with Crippen LogP contribution in [0.4, 0.5) is 0 Å². The molecule has 0 spiro atoms. The fraction of sp³-hybridized carbons (Fsp3) is 0.500. The van der Waals surface area contributed by atoms with Gasteiger partial charge in [-0.25, -0.2) is 4.79 Å². The van der Waals surface area contributed by atoms with E-state index in [1.807, 2.05) is 6.07 Å². The molecule has 0 aliphatic carbocycles. The van der Waals surface area contributed by atoms with Crippen LogP contribution < -0.4 is 0 Å². The molecule has 1 N–H and O–H groups in total. The molecule has 0 bridgehead atoms. The zero-order chi connectivity index (χ0) is 13.8. The molecular formula is C14H18O5. The van der Waals surface area contributed by atoms with Crippen molar-refractivity contribution in [1.29, 1.82) is 0 Å². The molecule has 1 heterocycles. The van der Waals surface area contributed by atoms with Crippen LogP contribution in [0.5, 0.6) is 0 Å². The summed E-state index contributed by atoms with van der Waals surface area (Å²) in [6.07, 6.45) is -2.06. The van der Waals surface area contributed by atoms with E-state index in [-0.39, 0.29) is 6.42 Å². The average Bonchev–Trinajstić information content (AvgIpc) is 2.43. The molecule has 1 aromatic carbocycles. The summed E-state index contributed by atoms with van der Waals surface area (Å²) in [5.74, 6) is -0.462. The van der Waals surface area contributed by atoms with Crippen molar-refractivity contribution in [1.82, 2.24) is 0 Å². The zero-order valence-electron chi connectivity index (χ0n) is 11.0. The van der Waals surface area contributed by atoms with E-state index in [0.717, 1.165) is 0 Å². The van der Waals surface area contributed by atoms with Crippen molar-refractivity contribution in [3.8, 4) is 0 Å². The third-order valence-electron chi connectivity index (χ3n) is 3.16. The van der Waals surface area contributed by atoms with E-state index < -0.39 is 30.6 Å². The summed E-state index contributed by atoms with van der Waals surface area (Å²) in [4.78, 5) is 11.9. The lowest BCUT2D eigenvalue weighted by atomic mass is 10.0. The Morgan fingerprint density at radius 1 is 1.37 bits per heavy atom. The molecular weight excluding hydrogens is 248 g/mol. The van der Waals surface area contributed by atoms with Crippen LogP contribution >= 0.6 is 0 Å². The monoisotopic (exact) mass is 266 g/mol. The van der Waals surface area contributed by atoms with Gasteiger partial charge in [-0.05, 0) is 19.1 Å². The summed E-state index contributed by atoms with van der Waals surface area (Å²) in [5.41, 5.74) is 0.454. The maximum Gasteiger partial charge on any atom is 0.338 e. The Hall–Kier alpha value is -1.43. The highest BCUT2D eigenvalue weighted by Gasteiger charge is 2.38. The second kappa shape index (κ2) is 6.14. The molecule has 19 heavy (non-hydrogen) atoms. The van der Waals surface area contributed by atoms with Gasteiger partial charge in [0.25, 0.3) is 0 Å². The van der Waals surface area contributed by atoms with E-state index in [1.165, 1.54) is 7.11 Å². The smallest absolute Gasteiger partial charge is 0.338 e. The maximum atomic E-state index is 11.9. The van der Waals surface area contributed by atoms with E-state index in [1.54, 1.807) is 31.2 Å². The minimum absolute atomic E-state index is 0.285. The Morgan fingerprint density at radius 2 is 2.05 bits per heavy atom. The Balaban J connectivity index is 2.01. The molecule has 5 heteroatoms. The lowest BCUT2D eigenvalue weighted by molar-refractivity contribution is -0.236. The van der Waals surface area contributed by atoms with Crippen LogP contribution in [0.3, 0.4) is 0 Å². The van der Waals surface area contributed by atoms with Gasteiger partial charge in [0.2, 0.25) is 0 Å². The molecule has 1 saturated heterocycles. The number of esters is 1. The Labute approximate surface area is 112 Å². The van der Waals surface area contributed by atoms with Crippen LogP contribution in [0.25, 0.3) is 0 Å². The summed E-state index contributed by atoms with van der Waals surface area (Å²) in [6.45, 7) is 1.75. The van der Waals surface area contributed by atoms with Crippen molar-refractivity contribution < 1.29 is 24.1 Å². The van der Waals surface area contributed by atoms with Gasteiger partial charge >= 0.3 is 5.97 Å². The summed E-state index contributed by atoms with van der Waals surface area (Å²) < 4.78 is 15.9. The van der Waals surface area contributed by atoms with Crippen molar-refractivity contribution >= 4 is 5.97 Å². The number of hydrogen-bond donors (Lipinski definition) is 1. The molecule has 0 radical (unpaired) electrons. The molecule has 4 atom stereocenters. The molecule has 0 amide bonds. The second-order valence-corrected chi connectivity index (χ2v) is 4.55. The minimum atomic E-state index is -0.790. The molecule has 0 unspecified atom stereocenters. The number of aliphatic hydroxyl groups is 1. The van der Waals surface area contributed by atoms with Gasteiger partial charge in [0.1, 0.15) is 0 Å². The maximum absolute atomic E-state index is 11.9. The highest BCUT2D eigenvalue weighted by Crippen LogP contribution is 2.23. The zero-order valence-corrected chi connectivity index (χ0v) is 11.0. The Bertz CT molecular complexity index is 407. The third kappa shape index (κ3) is 3.32. The first-order valence-corrected chi connectivity index (χ1v) is 6.24. The molecule has 0 aromatic heterocycles. The van der Waals surface area contributed by atoms with Crippen molar-refractivity contribution in [2.45, 2.75) is 37.9 Å². The molecule has 1 aromatic rings. The Morgan fingerprint density at radius 3 is 2.63 bits per heavy atom. The first-order valence-electron chi connectivity index (χ1n) is 6.24. The van der Waals surface area contributed by atoms with Gasteiger partial charge in [-0.15, -0.1) is 0 Å². The molecule has 104 valence electrons. The molecule has 2 rings (SSSR count).